The number of amides is 1. The third-order valence-corrected chi connectivity index (χ3v) is 4.43. The number of rotatable bonds is 6. The second-order valence-corrected chi connectivity index (χ2v) is 6.50. The van der Waals surface area contributed by atoms with Gasteiger partial charge in [0.25, 0.3) is 0 Å². The Labute approximate surface area is 159 Å². The molecule has 2 aromatic rings. The number of pyridine rings is 1. The van der Waals surface area contributed by atoms with Crippen LogP contribution in [0.4, 0.5) is 16.4 Å². The molecule has 2 aromatic heterocycles. The molecule has 2 N–H and O–H groups in total. The number of carbonyl (C=O) groups excluding carboxylic acids is 1. The van der Waals surface area contributed by atoms with Crippen LogP contribution in [0, 0.1) is 6.92 Å². The monoisotopic (exact) mass is 370 g/mol. The molecule has 1 fully saturated rings. The van der Waals surface area contributed by atoms with E-state index in [2.05, 4.69) is 25.6 Å². The molecule has 1 saturated heterocycles. The fourth-order valence-electron chi connectivity index (χ4n) is 3.06. The predicted molar refractivity (Wildman–Crippen MR) is 104 cm³/mol. The van der Waals surface area contributed by atoms with Gasteiger partial charge in [0.15, 0.2) is 0 Å². The number of aryl methyl sites for hydroxylation is 1. The average Bonchev–Trinajstić information content (AvgIpc) is 2.67. The highest BCUT2D eigenvalue weighted by Crippen LogP contribution is 2.18. The first kappa shape index (κ1) is 18.9. The van der Waals surface area contributed by atoms with E-state index in [1.54, 1.807) is 17.3 Å². The second kappa shape index (κ2) is 9.16. The van der Waals surface area contributed by atoms with Gasteiger partial charge >= 0.3 is 6.09 Å². The predicted octanol–water partition coefficient (Wildman–Crippen LogP) is 2.82. The average molecular weight is 370 g/mol. The maximum Gasteiger partial charge on any atom is 0.409 e. The summed E-state index contributed by atoms with van der Waals surface area (Å²) in [6.45, 7) is 6.17. The lowest BCUT2D eigenvalue weighted by atomic mass is 10.1. The van der Waals surface area contributed by atoms with Gasteiger partial charge in [-0.2, -0.15) is 0 Å². The van der Waals surface area contributed by atoms with E-state index < -0.39 is 0 Å². The van der Waals surface area contributed by atoms with E-state index in [0.29, 0.717) is 32.1 Å². The molecule has 3 heterocycles. The summed E-state index contributed by atoms with van der Waals surface area (Å²) in [7, 11) is 0. The van der Waals surface area contributed by atoms with Crippen molar-refractivity contribution in [2.24, 2.45) is 0 Å². The number of anilines is 2. The summed E-state index contributed by atoms with van der Waals surface area (Å²) in [5.41, 5.74) is 1.14. The number of piperidine rings is 1. The van der Waals surface area contributed by atoms with Gasteiger partial charge in [-0.15, -0.1) is 0 Å². The number of hydrogen-bond acceptors (Lipinski definition) is 7. The zero-order chi connectivity index (χ0) is 19.1. The number of aromatic nitrogens is 3. The van der Waals surface area contributed by atoms with E-state index in [1.807, 2.05) is 32.0 Å². The Morgan fingerprint density at radius 1 is 1.22 bits per heavy atom. The molecule has 0 atom stereocenters. The van der Waals surface area contributed by atoms with E-state index in [4.69, 9.17) is 4.74 Å². The quantitative estimate of drug-likeness (QED) is 0.808. The van der Waals surface area contributed by atoms with Gasteiger partial charge in [-0.05, 0) is 44.4 Å². The Kier molecular flexibility index (Phi) is 6.40. The molecule has 3 rings (SSSR count). The van der Waals surface area contributed by atoms with Gasteiger partial charge in [0.05, 0.1) is 6.61 Å². The molecular weight excluding hydrogens is 344 g/mol. The highest BCUT2D eigenvalue weighted by Gasteiger charge is 2.23. The van der Waals surface area contributed by atoms with Crippen molar-refractivity contribution in [3.05, 3.63) is 42.0 Å². The minimum atomic E-state index is -0.226. The summed E-state index contributed by atoms with van der Waals surface area (Å²) in [6, 6.07) is 6.14. The van der Waals surface area contributed by atoms with Crippen LogP contribution in [0.5, 0.6) is 0 Å². The van der Waals surface area contributed by atoms with E-state index in [0.717, 1.165) is 30.0 Å². The van der Waals surface area contributed by atoms with Crippen molar-refractivity contribution < 1.29 is 9.53 Å². The molecule has 0 saturated carbocycles. The van der Waals surface area contributed by atoms with Crippen LogP contribution in [0.25, 0.3) is 0 Å². The number of likely N-dealkylation sites (tertiary alicyclic amines) is 1. The molecule has 8 heteroatoms. The summed E-state index contributed by atoms with van der Waals surface area (Å²) < 4.78 is 5.06. The maximum atomic E-state index is 11.8. The topological polar surface area (TPSA) is 92.3 Å². The summed E-state index contributed by atoms with van der Waals surface area (Å²) in [6.07, 6.45) is 5.05. The Bertz CT molecular complexity index is 747. The fourth-order valence-corrected chi connectivity index (χ4v) is 3.06. The van der Waals surface area contributed by atoms with E-state index in [1.165, 1.54) is 0 Å². The van der Waals surface area contributed by atoms with Gasteiger partial charge in [0.1, 0.15) is 17.5 Å². The minimum absolute atomic E-state index is 0.226. The summed E-state index contributed by atoms with van der Waals surface area (Å²) in [5.74, 6) is 2.29. The van der Waals surface area contributed by atoms with Crippen LogP contribution in [0.3, 0.4) is 0 Å². The Morgan fingerprint density at radius 3 is 2.63 bits per heavy atom. The van der Waals surface area contributed by atoms with Crippen LogP contribution in [0.15, 0.2) is 30.6 Å². The van der Waals surface area contributed by atoms with E-state index in [-0.39, 0.29) is 12.1 Å². The van der Waals surface area contributed by atoms with Crippen LogP contribution in [-0.2, 0) is 11.3 Å². The van der Waals surface area contributed by atoms with Crippen molar-refractivity contribution in [1.29, 1.82) is 0 Å². The molecule has 27 heavy (non-hydrogen) atoms. The Morgan fingerprint density at radius 2 is 1.93 bits per heavy atom. The first-order chi connectivity index (χ1) is 13.1. The zero-order valence-electron chi connectivity index (χ0n) is 15.8. The van der Waals surface area contributed by atoms with Gasteiger partial charge in [0, 0.05) is 44.1 Å². The molecule has 1 aliphatic rings. The van der Waals surface area contributed by atoms with Crippen molar-refractivity contribution in [1.82, 2.24) is 19.9 Å². The summed E-state index contributed by atoms with van der Waals surface area (Å²) >= 11 is 0. The maximum absolute atomic E-state index is 11.8. The third kappa shape index (κ3) is 5.54. The van der Waals surface area contributed by atoms with Gasteiger partial charge < -0.3 is 20.3 Å². The molecule has 0 aliphatic carbocycles. The van der Waals surface area contributed by atoms with Gasteiger partial charge in [0.2, 0.25) is 0 Å². The second-order valence-electron chi connectivity index (χ2n) is 6.50. The van der Waals surface area contributed by atoms with Crippen molar-refractivity contribution in [3.8, 4) is 0 Å². The van der Waals surface area contributed by atoms with Crippen molar-refractivity contribution in [2.45, 2.75) is 39.3 Å². The van der Waals surface area contributed by atoms with Crippen LogP contribution in [0.1, 0.15) is 31.2 Å². The molecule has 0 unspecified atom stereocenters. The van der Waals surface area contributed by atoms with Gasteiger partial charge in [-0.25, -0.2) is 14.8 Å². The normalized spacial score (nSPS) is 14.7. The molecule has 0 bridgehead atoms. The zero-order valence-corrected chi connectivity index (χ0v) is 15.8. The number of ether oxygens (including phenoxy) is 1. The van der Waals surface area contributed by atoms with Gasteiger partial charge in [-0.1, -0.05) is 0 Å². The SMILES string of the molecule is CCOC(=O)N1CCC(Nc2cc(NCc3ccncc3)nc(C)n2)CC1. The molecule has 0 spiro atoms. The molecule has 1 aliphatic heterocycles. The smallest absolute Gasteiger partial charge is 0.409 e. The molecule has 144 valence electrons. The minimum Gasteiger partial charge on any atom is -0.450 e. The van der Waals surface area contributed by atoms with E-state index >= 15 is 0 Å². The summed E-state index contributed by atoms with van der Waals surface area (Å²) in [4.78, 5) is 26.5. The van der Waals surface area contributed by atoms with Crippen LogP contribution in [0.2, 0.25) is 0 Å². The van der Waals surface area contributed by atoms with E-state index in [9.17, 15) is 4.79 Å². The molecular formula is C19H26N6O2. The first-order valence-corrected chi connectivity index (χ1v) is 9.30. The highest BCUT2D eigenvalue weighted by atomic mass is 16.6. The molecule has 0 radical (unpaired) electrons. The van der Waals surface area contributed by atoms with Crippen LogP contribution in [-0.4, -0.2) is 51.7 Å². The molecule has 1 amide bonds. The number of nitrogens with one attached hydrogen (secondary N) is 2. The lowest BCUT2D eigenvalue weighted by molar-refractivity contribution is 0.0983. The molecule has 8 nitrogen and oxygen atoms in total. The number of hydrogen-bond donors (Lipinski definition) is 2. The van der Waals surface area contributed by atoms with Crippen LogP contribution < -0.4 is 10.6 Å². The largest absolute Gasteiger partial charge is 0.450 e. The first-order valence-electron chi connectivity index (χ1n) is 9.30. The lowest BCUT2D eigenvalue weighted by Crippen LogP contribution is -2.42. The Hall–Kier alpha value is -2.90. The standard InChI is InChI=1S/C19H26N6O2/c1-3-27-19(26)25-10-6-16(7-11-25)24-18-12-17(22-14(2)23-18)21-13-15-4-8-20-9-5-15/h4-5,8-9,12,16H,3,6-7,10-11,13H2,1-2H3,(H2,21,22,23,24). The highest BCUT2D eigenvalue weighted by molar-refractivity contribution is 5.67. The number of carbonyl (C=O) groups is 1. The number of nitrogens with zero attached hydrogens (tertiary/aromatic N) is 4. The molecule has 0 aromatic carbocycles. The Balaban J connectivity index is 1.54. The third-order valence-electron chi connectivity index (χ3n) is 4.43. The van der Waals surface area contributed by atoms with Crippen molar-refractivity contribution >= 4 is 17.7 Å². The fraction of sp³-hybridized carbons (Fsp3) is 0.474. The van der Waals surface area contributed by atoms with Crippen molar-refractivity contribution in [2.75, 3.05) is 30.3 Å². The lowest BCUT2D eigenvalue weighted by Gasteiger charge is -2.31. The summed E-state index contributed by atoms with van der Waals surface area (Å²) in [5, 5.41) is 6.80. The van der Waals surface area contributed by atoms with Crippen molar-refractivity contribution in [3.63, 3.8) is 0 Å². The van der Waals surface area contributed by atoms with Gasteiger partial charge in [-0.3, -0.25) is 4.98 Å². The van der Waals surface area contributed by atoms with Crippen LogP contribution >= 0.6 is 0 Å².